The highest BCUT2D eigenvalue weighted by molar-refractivity contribution is 7.80. The molecule has 4 saturated heterocycles. The first-order valence-electron chi connectivity index (χ1n) is 5.08. The normalized spacial score (nSPS) is 45.4. The van der Waals surface area contributed by atoms with Gasteiger partial charge in [0.25, 0.3) is 0 Å². The minimum Gasteiger partial charge on any atom is -0.375 e. The van der Waals surface area contributed by atoms with Crippen LogP contribution < -0.4 is 11.2 Å². The molecule has 0 aliphatic carbocycles. The highest BCUT2D eigenvalue weighted by atomic mass is 32.1. The van der Waals surface area contributed by atoms with Gasteiger partial charge in [0.15, 0.2) is 5.11 Å². The van der Waals surface area contributed by atoms with E-state index in [4.69, 9.17) is 18.0 Å². The van der Waals surface area contributed by atoms with E-state index in [9.17, 15) is 0 Å². The van der Waals surface area contributed by atoms with Crippen LogP contribution in [0.2, 0.25) is 0 Å². The molecular formula is C8H15N5S. The number of rotatable bonds is 1. The van der Waals surface area contributed by atoms with Crippen molar-refractivity contribution in [3.8, 4) is 0 Å². The van der Waals surface area contributed by atoms with Gasteiger partial charge < -0.3 is 5.73 Å². The summed E-state index contributed by atoms with van der Waals surface area (Å²) < 4.78 is 0. The summed E-state index contributed by atoms with van der Waals surface area (Å²) in [5.74, 6) is 1.68. The second-order valence-corrected chi connectivity index (χ2v) is 4.92. The second-order valence-electron chi connectivity index (χ2n) is 4.48. The molecule has 4 heterocycles. The Bertz CT molecular complexity index is 240. The minimum absolute atomic E-state index is 0.345. The van der Waals surface area contributed by atoms with Crippen LogP contribution in [-0.2, 0) is 0 Å². The molecule has 5 nitrogen and oxygen atoms in total. The Kier molecular flexibility index (Phi) is 1.91. The molecule has 3 N–H and O–H groups in total. The van der Waals surface area contributed by atoms with Crippen LogP contribution in [0.1, 0.15) is 6.42 Å². The number of piperidine rings is 2. The van der Waals surface area contributed by atoms with Gasteiger partial charge in [0.05, 0.1) is 0 Å². The summed E-state index contributed by atoms with van der Waals surface area (Å²) in [7, 11) is 0. The van der Waals surface area contributed by atoms with E-state index in [1.165, 1.54) is 6.42 Å². The minimum atomic E-state index is 0.345. The first-order chi connectivity index (χ1) is 6.72. The van der Waals surface area contributed by atoms with Gasteiger partial charge in [0.1, 0.15) is 0 Å². The van der Waals surface area contributed by atoms with Gasteiger partial charge in [-0.3, -0.25) is 5.43 Å². The van der Waals surface area contributed by atoms with Crippen molar-refractivity contribution >= 4 is 17.3 Å². The maximum absolute atomic E-state index is 5.50. The van der Waals surface area contributed by atoms with Gasteiger partial charge in [-0.15, -0.1) is 0 Å². The quantitative estimate of drug-likeness (QED) is 0.553. The van der Waals surface area contributed by atoms with Gasteiger partial charge in [-0.2, -0.15) is 0 Å². The van der Waals surface area contributed by atoms with Crippen molar-refractivity contribution in [1.29, 1.82) is 0 Å². The molecule has 0 aromatic heterocycles. The molecule has 0 aromatic carbocycles. The lowest BCUT2D eigenvalue weighted by Gasteiger charge is -2.58. The molecule has 0 radical (unpaired) electrons. The van der Waals surface area contributed by atoms with E-state index in [1.807, 2.05) is 5.23 Å². The lowest BCUT2D eigenvalue weighted by molar-refractivity contribution is -0.302. The van der Waals surface area contributed by atoms with Gasteiger partial charge in [0, 0.05) is 26.2 Å². The monoisotopic (exact) mass is 213 g/mol. The SMILES string of the molecule is NC(=S)NN1N2CC3CC(C2)CN1C3. The summed E-state index contributed by atoms with van der Waals surface area (Å²) in [5, 5.41) is 6.97. The third-order valence-corrected chi connectivity index (χ3v) is 3.38. The van der Waals surface area contributed by atoms with E-state index in [0.29, 0.717) is 5.11 Å². The topological polar surface area (TPSA) is 47.8 Å². The van der Waals surface area contributed by atoms with Crippen LogP contribution in [0.3, 0.4) is 0 Å². The molecule has 78 valence electrons. The maximum atomic E-state index is 5.50. The predicted molar refractivity (Wildman–Crippen MR) is 56.5 cm³/mol. The zero-order valence-corrected chi connectivity index (χ0v) is 8.83. The van der Waals surface area contributed by atoms with E-state index < -0.39 is 0 Å². The van der Waals surface area contributed by atoms with E-state index in [2.05, 4.69) is 15.4 Å². The molecule has 4 aliphatic heterocycles. The third kappa shape index (κ3) is 1.30. The van der Waals surface area contributed by atoms with Crippen LogP contribution in [0.15, 0.2) is 0 Å². The zero-order valence-electron chi connectivity index (χ0n) is 8.02. The van der Waals surface area contributed by atoms with Crippen molar-refractivity contribution in [3.05, 3.63) is 0 Å². The van der Waals surface area contributed by atoms with Crippen molar-refractivity contribution in [2.24, 2.45) is 17.6 Å². The van der Waals surface area contributed by atoms with Crippen LogP contribution in [0.4, 0.5) is 0 Å². The van der Waals surface area contributed by atoms with Gasteiger partial charge in [0.2, 0.25) is 0 Å². The van der Waals surface area contributed by atoms with Gasteiger partial charge in [-0.05, 0) is 30.5 Å². The molecule has 4 aliphatic rings. The van der Waals surface area contributed by atoms with E-state index in [0.717, 1.165) is 38.0 Å². The number of hydrogen-bond acceptors (Lipinski definition) is 4. The molecule has 0 saturated carbocycles. The molecule has 0 aromatic rings. The Balaban J connectivity index is 1.77. The number of nitrogens with one attached hydrogen (secondary N) is 1. The van der Waals surface area contributed by atoms with Gasteiger partial charge in [-0.25, -0.2) is 10.0 Å². The van der Waals surface area contributed by atoms with E-state index in [-0.39, 0.29) is 0 Å². The first-order valence-corrected chi connectivity index (χ1v) is 5.49. The van der Waals surface area contributed by atoms with Crippen molar-refractivity contribution in [3.63, 3.8) is 0 Å². The highest BCUT2D eigenvalue weighted by Crippen LogP contribution is 2.34. The molecule has 4 rings (SSSR count). The number of hydrazine groups is 3. The molecular weight excluding hydrogens is 198 g/mol. The van der Waals surface area contributed by atoms with Gasteiger partial charge >= 0.3 is 0 Å². The molecule has 0 spiro atoms. The van der Waals surface area contributed by atoms with Crippen LogP contribution in [0, 0.1) is 11.8 Å². The fraction of sp³-hybridized carbons (Fsp3) is 0.875. The largest absolute Gasteiger partial charge is 0.375 e. The number of hydrogen-bond donors (Lipinski definition) is 2. The molecule has 0 amide bonds. The lowest BCUT2D eigenvalue weighted by Crippen LogP contribution is -2.74. The molecule has 6 heteroatoms. The number of thiocarbonyl (C=S) groups is 1. The summed E-state index contributed by atoms with van der Waals surface area (Å²) in [6.45, 7) is 4.57. The third-order valence-electron chi connectivity index (χ3n) is 3.29. The van der Waals surface area contributed by atoms with Crippen LogP contribution in [-0.4, -0.2) is 46.5 Å². The lowest BCUT2D eigenvalue weighted by atomic mass is 9.85. The van der Waals surface area contributed by atoms with Crippen molar-refractivity contribution < 1.29 is 0 Å². The molecule has 0 atom stereocenters. The molecule has 4 bridgehead atoms. The summed E-state index contributed by atoms with van der Waals surface area (Å²) in [4.78, 5) is 0. The van der Waals surface area contributed by atoms with Crippen LogP contribution >= 0.6 is 12.2 Å². The maximum Gasteiger partial charge on any atom is 0.180 e. The Hall–Kier alpha value is -0.430. The highest BCUT2D eigenvalue weighted by Gasteiger charge is 2.45. The fourth-order valence-corrected chi connectivity index (χ4v) is 3.04. The fourth-order valence-electron chi connectivity index (χ4n) is 2.95. The van der Waals surface area contributed by atoms with E-state index in [1.54, 1.807) is 0 Å². The second kappa shape index (κ2) is 3.03. The van der Waals surface area contributed by atoms with E-state index >= 15 is 0 Å². The van der Waals surface area contributed by atoms with Crippen molar-refractivity contribution in [2.45, 2.75) is 6.42 Å². The number of nitrogens with zero attached hydrogens (tertiary/aromatic N) is 3. The summed E-state index contributed by atoms with van der Waals surface area (Å²) >= 11 is 4.87. The number of nitrogens with two attached hydrogens (primary N) is 1. The summed E-state index contributed by atoms with van der Waals surface area (Å²) in [6.07, 6.45) is 1.40. The Morgan fingerprint density at radius 1 is 1.14 bits per heavy atom. The Labute approximate surface area is 88.7 Å². The summed E-state index contributed by atoms with van der Waals surface area (Å²) in [5.41, 5.74) is 8.52. The average molecular weight is 213 g/mol. The van der Waals surface area contributed by atoms with Crippen molar-refractivity contribution in [2.75, 3.05) is 26.2 Å². The first kappa shape index (κ1) is 8.84. The molecule has 14 heavy (non-hydrogen) atoms. The summed E-state index contributed by atoms with van der Waals surface area (Å²) in [6, 6.07) is 0. The average Bonchev–Trinajstić information content (AvgIpc) is 2.09. The van der Waals surface area contributed by atoms with Crippen LogP contribution in [0.25, 0.3) is 0 Å². The van der Waals surface area contributed by atoms with Crippen molar-refractivity contribution in [1.82, 2.24) is 20.7 Å². The Morgan fingerprint density at radius 3 is 2.07 bits per heavy atom. The molecule has 0 unspecified atom stereocenters. The predicted octanol–water partition coefficient (Wildman–Crippen LogP) is -0.866. The van der Waals surface area contributed by atoms with Crippen LogP contribution in [0.5, 0.6) is 0 Å². The Morgan fingerprint density at radius 2 is 1.64 bits per heavy atom. The zero-order chi connectivity index (χ0) is 9.71. The molecule has 4 fully saturated rings. The standard InChI is InChI=1S/C8H15N5S/c9-8(14)10-13-11-2-6-1-7(4-11)5-12(13)3-6/h6-7H,1-5H2,(H3,9,10,14). The smallest absolute Gasteiger partial charge is 0.180 e. The van der Waals surface area contributed by atoms with Gasteiger partial charge in [-0.1, -0.05) is 5.23 Å².